The second kappa shape index (κ2) is 7.92. The highest BCUT2D eigenvalue weighted by molar-refractivity contribution is 8.01. The average Bonchev–Trinajstić information content (AvgIpc) is 3.09. The molecule has 3 amide bonds. The number of nitrogens with one attached hydrogen (secondary N) is 3. The molecule has 2 heterocycles. The van der Waals surface area contributed by atoms with Gasteiger partial charge in [0, 0.05) is 17.5 Å². The first-order chi connectivity index (χ1) is 13.2. The van der Waals surface area contributed by atoms with Crippen LogP contribution in [0, 0.1) is 0 Å². The number of thioether (sulfide) groups is 1. The van der Waals surface area contributed by atoms with Gasteiger partial charge in [0.1, 0.15) is 6.54 Å². The zero-order valence-electron chi connectivity index (χ0n) is 14.1. The van der Waals surface area contributed by atoms with Gasteiger partial charge in [0.05, 0.1) is 10.9 Å². The van der Waals surface area contributed by atoms with Crippen molar-refractivity contribution in [1.29, 1.82) is 0 Å². The Balaban J connectivity index is 1.47. The third-order valence-corrected chi connectivity index (χ3v) is 4.93. The number of hydrogen-bond acceptors (Lipinski definition) is 5. The van der Waals surface area contributed by atoms with Crippen molar-refractivity contribution >= 4 is 35.2 Å². The van der Waals surface area contributed by atoms with Gasteiger partial charge >= 0.3 is 6.18 Å². The molecule has 1 unspecified atom stereocenters. The summed E-state index contributed by atoms with van der Waals surface area (Å²) in [6, 6.07) is 7.88. The van der Waals surface area contributed by atoms with Gasteiger partial charge in [0.15, 0.2) is 5.69 Å². The number of fused-ring (bicyclic) bond motifs is 1. The molecule has 0 saturated heterocycles. The predicted octanol–water partition coefficient (Wildman–Crippen LogP) is 1.55. The molecule has 0 fully saturated rings. The van der Waals surface area contributed by atoms with Crippen molar-refractivity contribution in [2.24, 2.45) is 0 Å². The Hall–Kier alpha value is -3.02. The summed E-state index contributed by atoms with van der Waals surface area (Å²) in [6.45, 7) is -0.512. The second-order valence-corrected chi connectivity index (χ2v) is 7.03. The molecular weight excluding hydrogens is 399 g/mol. The van der Waals surface area contributed by atoms with Crippen LogP contribution in [0.2, 0.25) is 0 Å². The first-order valence-electron chi connectivity index (χ1n) is 7.97. The highest BCUT2D eigenvalue weighted by Gasteiger charge is 2.33. The Morgan fingerprint density at radius 2 is 1.89 bits per heavy atom. The summed E-state index contributed by atoms with van der Waals surface area (Å²) >= 11 is 1.23. The Morgan fingerprint density at radius 1 is 1.18 bits per heavy atom. The molecule has 0 aliphatic carbocycles. The minimum absolute atomic E-state index is 0.189. The zero-order valence-corrected chi connectivity index (χ0v) is 14.9. The van der Waals surface area contributed by atoms with Crippen LogP contribution in [0.1, 0.15) is 12.1 Å². The van der Waals surface area contributed by atoms with Gasteiger partial charge < -0.3 is 5.32 Å². The number of hydrogen-bond donors (Lipinski definition) is 3. The van der Waals surface area contributed by atoms with Crippen LogP contribution in [-0.2, 0) is 27.1 Å². The number of amides is 3. The van der Waals surface area contributed by atoms with Crippen molar-refractivity contribution in [3.05, 3.63) is 42.2 Å². The normalized spacial score (nSPS) is 16.1. The van der Waals surface area contributed by atoms with Crippen LogP contribution in [-0.4, -0.2) is 32.8 Å². The van der Waals surface area contributed by atoms with Gasteiger partial charge in [-0.2, -0.15) is 18.3 Å². The number of anilines is 1. The van der Waals surface area contributed by atoms with Gasteiger partial charge in [0.2, 0.25) is 11.8 Å². The maximum absolute atomic E-state index is 12.5. The number of aromatic nitrogens is 2. The van der Waals surface area contributed by atoms with E-state index in [0.29, 0.717) is 5.69 Å². The summed E-state index contributed by atoms with van der Waals surface area (Å²) < 4.78 is 38.2. The van der Waals surface area contributed by atoms with Gasteiger partial charge in [-0.05, 0) is 18.2 Å². The van der Waals surface area contributed by atoms with Crippen LogP contribution in [0.4, 0.5) is 18.9 Å². The lowest BCUT2D eigenvalue weighted by atomic mass is 10.2. The molecule has 1 aromatic heterocycles. The Labute approximate surface area is 160 Å². The standard InChI is InChI=1S/C16H14F3N5O3S/c17-16(18,19)12-5-6-24(23-12)8-14(26)22-21-13(25)7-11-15(27)20-9-3-1-2-4-10(9)28-11/h1-6,11H,7-8H2,(H,20,27)(H,21,25)(H,22,26). The molecule has 148 valence electrons. The van der Waals surface area contributed by atoms with Crippen LogP contribution >= 0.6 is 11.8 Å². The van der Waals surface area contributed by atoms with Gasteiger partial charge in [-0.25, -0.2) is 0 Å². The van der Waals surface area contributed by atoms with Crippen LogP contribution in [0.5, 0.6) is 0 Å². The number of carbonyl (C=O) groups is 3. The Bertz CT molecular complexity index is 915. The van der Waals surface area contributed by atoms with Crippen LogP contribution in [0.25, 0.3) is 0 Å². The van der Waals surface area contributed by atoms with E-state index in [4.69, 9.17) is 0 Å². The van der Waals surface area contributed by atoms with Gasteiger partial charge in [-0.15, -0.1) is 11.8 Å². The van der Waals surface area contributed by atoms with Crippen molar-refractivity contribution in [3.63, 3.8) is 0 Å². The highest BCUT2D eigenvalue weighted by atomic mass is 32.2. The molecule has 1 aliphatic heterocycles. The van der Waals surface area contributed by atoms with Crippen molar-refractivity contribution < 1.29 is 27.6 Å². The summed E-state index contributed by atoms with van der Waals surface area (Å²) in [4.78, 5) is 36.6. The maximum atomic E-state index is 12.5. The highest BCUT2D eigenvalue weighted by Crippen LogP contribution is 2.36. The van der Waals surface area contributed by atoms with E-state index >= 15 is 0 Å². The molecule has 0 bridgehead atoms. The molecule has 2 aromatic rings. The average molecular weight is 413 g/mol. The first kappa shape index (κ1) is 19.7. The monoisotopic (exact) mass is 413 g/mol. The fourth-order valence-corrected chi connectivity index (χ4v) is 3.48. The largest absolute Gasteiger partial charge is 0.435 e. The molecule has 0 radical (unpaired) electrons. The molecule has 3 N–H and O–H groups in total. The third-order valence-electron chi connectivity index (χ3n) is 3.66. The summed E-state index contributed by atoms with van der Waals surface area (Å²) in [5, 5.41) is 5.26. The summed E-state index contributed by atoms with van der Waals surface area (Å²) in [6.07, 6.45) is -3.79. The van der Waals surface area contributed by atoms with Crippen molar-refractivity contribution in [2.75, 3.05) is 5.32 Å². The third kappa shape index (κ3) is 4.82. The first-order valence-corrected chi connectivity index (χ1v) is 8.85. The summed E-state index contributed by atoms with van der Waals surface area (Å²) in [7, 11) is 0. The predicted molar refractivity (Wildman–Crippen MR) is 92.8 cm³/mol. The van der Waals surface area contributed by atoms with Gasteiger partial charge in [-0.1, -0.05) is 12.1 Å². The van der Waals surface area contributed by atoms with E-state index in [-0.39, 0.29) is 12.3 Å². The van der Waals surface area contributed by atoms with Crippen molar-refractivity contribution in [2.45, 2.75) is 29.3 Å². The lowest BCUT2D eigenvalue weighted by molar-refractivity contribution is -0.141. The number of halogens is 3. The second-order valence-electron chi connectivity index (χ2n) is 5.79. The SMILES string of the molecule is O=C(CC1Sc2ccccc2NC1=O)NNC(=O)Cn1ccc(C(F)(F)F)n1. The van der Waals surface area contributed by atoms with Crippen molar-refractivity contribution in [3.8, 4) is 0 Å². The number of alkyl halides is 3. The van der Waals surface area contributed by atoms with Gasteiger partial charge in [-0.3, -0.25) is 29.9 Å². The van der Waals surface area contributed by atoms with E-state index in [1.807, 2.05) is 6.07 Å². The number of benzene rings is 1. The maximum Gasteiger partial charge on any atom is 0.435 e. The van der Waals surface area contributed by atoms with Crippen LogP contribution < -0.4 is 16.2 Å². The molecule has 0 saturated carbocycles. The number of nitrogens with zero attached hydrogens (tertiary/aromatic N) is 2. The number of hydrazine groups is 1. The molecule has 12 heteroatoms. The number of rotatable bonds is 4. The lowest BCUT2D eigenvalue weighted by Crippen LogP contribution is -2.45. The number of carbonyl (C=O) groups excluding carboxylic acids is 3. The van der Waals surface area contributed by atoms with Crippen LogP contribution in [0.3, 0.4) is 0 Å². The fraction of sp³-hybridized carbons (Fsp3) is 0.250. The quantitative estimate of drug-likeness (QED) is 0.660. The smallest absolute Gasteiger partial charge is 0.324 e. The molecule has 1 atom stereocenters. The fourth-order valence-electron chi connectivity index (χ4n) is 2.37. The minimum Gasteiger partial charge on any atom is -0.324 e. The summed E-state index contributed by atoms with van der Waals surface area (Å²) in [5.41, 5.74) is 3.76. The molecule has 1 aromatic carbocycles. The topological polar surface area (TPSA) is 105 Å². The van der Waals surface area contributed by atoms with E-state index in [1.165, 1.54) is 11.8 Å². The summed E-state index contributed by atoms with van der Waals surface area (Å²) in [5.74, 6) is -1.71. The molecule has 0 spiro atoms. The van der Waals surface area contributed by atoms with Gasteiger partial charge in [0.25, 0.3) is 5.91 Å². The Morgan fingerprint density at radius 3 is 2.61 bits per heavy atom. The van der Waals surface area contributed by atoms with E-state index in [0.717, 1.165) is 21.8 Å². The molecular formula is C16H14F3N5O3S. The van der Waals surface area contributed by atoms with E-state index < -0.39 is 35.5 Å². The molecule has 1 aliphatic rings. The molecule has 3 rings (SSSR count). The minimum atomic E-state index is -4.60. The van der Waals surface area contributed by atoms with E-state index in [1.54, 1.807) is 18.2 Å². The van der Waals surface area contributed by atoms with Crippen molar-refractivity contribution in [1.82, 2.24) is 20.6 Å². The van der Waals surface area contributed by atoms with Crippen LogP contribution in [0.15, 0.2) is 41.4 Å². The molecule has 8 nitrogen and oxygen atoms in total. The molecule has 28 heavy (non-hydrogen) atoms. The zero-order chi connectivity index (χ0) is 20.3. The lowest BCUT2D eigenvalue weighted by Gasteiger charge is -2.23. The van der Waals surface area contributed by atoms with E-state index in [9.17, 15) is 27.6 Å². The Kier molecular flexibility index (Phi) is 5.58. The number of para-hydroxylation sites is 1. The van der Waals surface area contributed by atoms with E-state index in [2.05, 4.69) is 21.3 Å².